The zero-order valence-corrected chi connectivity index (χ0v) is 12.7. The van der Waals surface area contributed by atoms with Crippen molar-refractivity contribution in [1.29, 1.82) is 0 Å². The quantitative estimate of drug-likeness (QED) is 0.780. The molecule has 2 heterocycles. The SMILES string of the molecule is O=C(O)[C@@H]1[C@@H](C(=O)Nc2ccccc2I)[C@H]2CC[C@H]1O2. The van der Waals surface area contributed by atoms with E-state index < -0.39 is 17.8 Å². The number of ether oxygens (including phenoxy) is 1. The van der Waals surface area contributed by atoms with E-state index in [-0.39, 0.29) is 18.1 Å². The molecule has 0 spiro atoms. The van der Waals surface area contributed by atoms with Crippen molar-refractivity contribution in [1.82, 2.24) is 0 Å². The fourth-order valence-corrected chi connectivity index (χ4v) is 3.63. The molecule has 0 aromatic heterocycles. The Balaban J connectivity index is 1.80. The van der Waals surface area contributed by atoms with Gasteiger partial charge in [0.2, 0.25) is 5.91 Å². The maximum Gasteiger partial charge on any atom is 0.310 e. The van der Waals surface area contributed by atoms with Gasteiger partial charge in [-0.25, -0.2) is 0 Å². The van der Waals surface area contributed by atoms with Crippen LogP contribution < -0.4 is 5.32 Å². The molecule has 0 aliphatic carbocycles. The van der Waals surface area contributed by atoms with E-state index in [0.29, 0.717) is 5.69 Å². The molecule has 106 valence electrons. The molecule has 2 fully saturated rings. The predicted molar refractivity (Wildman–Crippen MR) is 80.3 cm³/mol. The first-order valence-electron chi connectivity index (χ1n) is 6.51. The summed E-state index contributed by atoms with van der Waals surface area (Å²) in [5.41, 5.74) is 0.713. The first-order valence-corrected chi connectivity index (χ1v) is 7.59. The van der Waals surface area contributed by atoms with Crippen LogP contribution in [0, 0.1) is 15.4 Å². The Morgan fingerprint density at radius 1 is 1.20 bits per heavy atom. The molecule has 2 aliphatic rings. The van der Waals surface area contributed by atoms with E-state index in [0.717, 1.165) is 16.4 Å². The van der Waals surface area contributed by atoms with Crippen LogP contribution in [0.15, 0.2) is 24.3 Å². The second-order valence-electron chi connectivity index (χ2n) is 5.15. The molecule has 0 unspecified atom stereocenters. The largest absolute Gasteiger partial charge is 0.481 e. The van der Waals surface area contributed by atoms with Gasteiger partial charge < -0.3 is 15.2 Å². The Labute approximate surface area is 129 Å². The lowest BCUT2D eigenvalue weighted by atomic mass is 9.78. The van der Waals surface area contributed by atoms with Crippen LogP contribution in [0.3, 0.4) is 0 Å². The molecule has 20 heavy (non-hydrogen) atoms. The highest BCUT2D eigenvalue weighted by molar-refractivity contribution is 14.1. The third kappa shape index (κ3) is 2.31. The second-order valence-corrected chi connectivity index (χ2v) is 6.31. The number of benzene rings is 1. The molecule has 4 atom stereocenters. The van der Waals surface area contributed by atoms with Crippen LogP contribution in [0.1, 0.15) is 12.8 Å². The highest BCUT2D eigenvalue weighted by Crippen LogP contribution is 2.44. The number of nitrogens with one attached hydrogen (secondary N) is 1. The lowest BCUT2D eigenvalue weighted by molar-refractivity contribution is -0.147. The number of para-hydroxylation sites is 1. The minimum Gasteiger partial charge on any atom is -0.481 e. The fourth-order valence-electron chi connectivity index (χ4n) is 3.10. The van der Waals surface area contributed by atoms with Gasteiger partial charge in [0.1, 0.15) is 0 Å². The standard InChI is InChI=1S/C14H14INO4/c15-7-3-1-2-4-8(7)16-13(17)11-9-5-6-10(20-9)12(11)14(18)19/h1-4,9-12H,5-6H2,(H,16,17)(H,18,19)/t9-,10-,11+,12+/m1/s1. The van der Waals surface area contributed by atoms with E-state index in [1.165, 1.54) is 0 Å². The Morgan fingerprint density at radius 2 is 1.85 bits per heavy atom. The van der Waals surface area contributed by atoms with Gasteiger partial charge in [-0.3, -0.25) is 9.59 Å². The van der Waals surface area contributed by atoms with Gasteiger partial charge in [-0.05, 0) is 47.6 Å². The smallest absolute Gasteiger partial charge is 0.310 e. The van der Waals surface area contributed by atoms with Gasteiger partial charge in [0.05, 0.1) is 29.7 Å². The fraction of sp³-hybridized carbons (Fsp3) is 0.429. The number of anilines is 1. The number of carbonyl (C=O) groups excluding carboxylic acids is 1. The Kier molecular flexibility index (Phi) is 3.68. The third-order valence-electron chi connectivity index (χ3n) is 3.99. The van der Waals surface area contributed by atoms with Crippen LogP contribution in [0.25, 0.3) is 0 Å². The lowest BCUT2D eigenvalue weighted by Gasteiger charge is -2.24. The van der Waals surface area contributed by atoms with Crippen molar-refractivity contribution < 1.29 is 19.4 Å². The zero-order valence-electron chi connectivity index (χ0n) is 10.6. The Bertz CT molecular complexity index is 562. The number of carboxylic acid groups (broad SMARTS) is 1. The molecule has 1 amide bonds. The van der Waals surface area contributed by atoms with Crippen LogP contribution in [0.5, 0.6) is 0 Å². The molecule has 0 saturated carbocycles. The third-order valence-corrected chi connectivity index (χ3v) is 4.93. The normalized spacial score (nSPS) is 31.2. The monoisotopic (exact) mass is 387 g/mol. The van der Waals surface area contributed by atoms with Crippen molar-refractivity contribution in [3.05, 3.63) is 27.8 Å². The first kappa shape index (κ1) is 13.8. The van der Waals surface area contributed by atoms with Crippen LogP contribution in [0.4, 0.5) is 5.69 Å². The average Bonchev–Trinajstić information content (AvgIpc) is 3.01. The van der Waals surface area contributed by atoms with E-state index in [4.69, 9.17) is 4.74 Å². The average molecular weight is 387 g/mol. The molecule has 1 aromatic carbocycles. The van der Waals surface area contributed by atoms with Crippen LogP contribution in [0.2, 0.25) is 0 Å². The highest BCUT2D eigenvalue weighted by Gasteiger charge is 2.55. The lowest BCUT2D eigenvalue weighted by Crippen LogP contribution is -2.41. The second kappa shape index (κ2) is 5.33. The van der Waals surface area contributed by atoms with Gasteiger partial charge in [0, 0.05) is 3.57 Å². The van der Waals surface area contributed by atoms with E-state index in [2.05, 4.69) is 27.9 Å². The van der Waals surface area contributed by atoms with Gasteiger partial charge in [0.25, 0.3) is 0 Å². The number of halogens is 1. The van der Waals surface area contributed by atoms with E-state index in [1.54, 1.807) is 0 Å². The summed E-state index contributed by atoms with van der Waals surface area (Å²) in [5, 5.41) is 12.1. The van der Waals surface area contributed by atoms with Crippen molar-refractivity contribution in [2.75, 3.05) is 5.32 Å². The summed E-state index contributed by atoms with van der Waals surface area (Å²) in [5.74, 6) is -2.52. The van der Waals surface area contributed by atoms with Crippen LogP contribution in [-0.2, 0) is 14.3 Å². The van der Waals surface area contributed by atoms with Crippen LogP contribution >= 0.6 is 22.6 Å². The minimum atomic E-state index is -0.944. The molecule has 2 aliphatic heterocycles. The molecular formula is C14H14INO4. The van der Waals surface area contributed by atoms with E-state index >= 15 is 0 Å². The Morgan fingerprint density at radius 3 is 2.50 bits per heavy atom. The van der Waals surface area contributed by atoms with Gasteiger partial charge in [-0.15, -0.1) is 0 Å². The topological polar surface area (TPSA) is 75.6 Å². The molecule has 2 saturated heterocycles. The minimum absolute atomic E-state index is 0.256. The number of carboxylic acids is 1. The number of aliphatic carboxylic acids is 1. The van der Waals surface area contributed by atoms with Crippen LogP contribution in [-0.4, -0.2) is 29.2 Å². The summed E-state index contributed by atoms with van der Waals surface area (Å²) in [7, 11) is 0. The van der Waals surface area contributed by atoms with E-state index in [1.807, 2.05) is 24.3 Å². The van der Waals surface area contributed by atoms with Crippen molar-refractivity contribution in [3.8, 4) is 0 Å². The molecule has 2 N–H and O–H groups in total. The van der Waals surface area contributed by atoms with Crippen molar-refractivity contribution >= 4 is 40.2 Å². The summed E-state index contributed by atoms with van der Waals surface area (Å²) >= 11 is 2.14. The number of hydrogen-bond donors (Lipinski definition) is 2. The summed E-state index contributed by atoms with van der Waals surface area (Å²) in [4.78, 5) is 23.8. The van der Waals surface area contributed by atoms with Gasteiger partial charge in [0.15, 0.2) is 0 Å². The Hall–Kier alpha value is -1.15. The number of fused-ring (bicyclic) bond motifs is 2. The first-order chi connectivity index (χ1) is 9.58. The predicted octanol–water partition coefficient (Wildman–Crippen LogP) is 2.11. The summed E-state index contributed by atoms with van der Waals surface area (Å²) in [6.07, 6.45) is 0.915. The number of rotatable bonds is 3. The molecular weight excluding hydrogens is 373 g/mol. The number of amides is 1. The van der Waals surface area contributed by atoms with Gasteiger partial charge >= 0.3 is 5.97 Å². The molecule has 1 aromatic rings. The van der Waals surface area contributed by atoms with Gasteiger partial charge in [-0.1, -0.05) is 12.1 Å². The maximum absolute atomic E-state index is 12.4. The highest BCUT2D eigenvalue weighted by atomic mass is 127. The zero-order chi connectivity index (χ0) is 14.3. The summed E-state index contributed by atoms with van der Waals surface area (Å²) < 4.78 is 6.53. The number of hydrogen-bond acceptors (Lipinski definition) is 3. The summed E-state index contributed by atoms with van der Waals surface area (Å²) in [6, 6.07) is 7.42. The van der Waals surface area contributed by atoms with E-state index in [9.17, 15) is 14.7 Å². The van der Waals surface area contributed by atoms with Crippen molar-refractivity contribution in [3.63, 3.8) is 0 Å². The molecule has 6 heteroatoms. The molecule has 3 rings (SSSR count). The summed E-state index contributed by atoms with van der Waals surface area (Å²) in [6.45, 7) is 0. The molecule has 5 nitrogen and oxygen atoms in total. The van der Waals surface area contributed by atoms with Gasteiger partial charge in [-0.2, -0.15) is 0 Å². The molecule has 2 bridgehead atoms. The maximum atomic E-state index is 12.4. The molecule has 0 radical (unpaired) electrons. The number of carbonyl (C=O) groups is 2. The van der Waals surface area contributed by atoms with Crippen molar-refractivity contribution in [2.45, 2.75) is 25.0 Å². The van der Waals surface area contributed by atoms with Crippen molar-refractivity contribution in [2.24, 2.45) is 11.8 Å².